The first-order chi connectivity index (χ1) is 10.1. The molecule has 0 spiro atoms. The van der Waals surface area contributed by atoms with Gasteiger partial charge < -0.3 is 15.5 Å². The maximum Gasteiger partial charge on any atom is 0.240 e. The van der Waals surface area contributed by atoms with E-state index in [2.05, 4.69) is 17.6 Å². The molecule has 2 heterocycles. The van der Waals surface area contributed by atoms with Gasteiger partial charge in [0, 0.05) is 25.0 Å². The Labute approximate surface area is 126 Å². The molecule has 5 nitrogen and oxygen atoms in total. The first kappa shape index (κ1) is 14.8. The topological polar surface area (TPSA) is 61.4 Å². The molecule has 3 rings (SSSR count). The second-order valence-corrected chi connectivity index (χ2v) is 6.81. The molecule has 1 unspecified atom stereocenters. The molecule has 0 aromatic carbocycles. The highest BCUT2D eigenvalue weighted by atomic mass is 16.2. The Balaban J connectivity index is 1.48. The third-order valence-electron chi connectivity index (χ3n) is 5.35. The van der Waals surface area contributed by atoms with Gasteiger partial charge in [-0.1, -0.05) is 6.92 Å². The molecule has 1 aliphatic carbocycles. The molecule has 2 aliphatic heterocycles. The van der Waals surface area contributed by atoms with E-state index >= 15 is 0 Å². The van der Waals surface area contributed by atoms with Gasteiger partial charge in [-0.3, -0.25) is 9.59 Å². The maximum absolute atomic E-state index is 12.5. The summed E-state index contributed by atoms with van der Waals surface area (Å²) in [7, 11) is 0. The number of nitrogens with one attached hydrogen (secondary N) is 2. The van der Waals surface area contributed by atoms with E-state index in [1.165, 1.54) is 0 Å². The fourth-order valence-corrected chi connectivity index (χ4v) is 3.62. The highest BCUT2D eigenvalue weighted by Gasteiger charge is 2.40. The fraction of sp³-hybridized carbons (Fsp3) is 0.875. The van der Waals surface area contributed by atoms with E-state index in [1.54, 1.807) is 0 Å². The predicted octanol–water partition coefficient (Wildman–Crippen LogP) is 1.04. The number of piperidine rings is 1. The van der Waals surface area contributed by atoms with Crippen LogP contribution < -0.4 is 10.6 Å². The molecular formula is C16H27N3O2. The van der Waals surface area contributed by atoms with Crippen LogP contribution in [0.3, 0.4) is 0 Å². The molecule has 1 atom stereocenters. The van der Waals surface area contributed by atoms with Gasteiger partial charge in [-0.25, -0.2) is 0 Å². The number of hydrogen-bond acceptors (Lipinski definition) is 3. The molecule has 3 aliphatic rings. The quantitative estimate of drug-likeness (QED) is 0.814. The van der Waals surface area contributed by atoms with Crippen molar-refractivity contribution in [1.29, 1.82) is 0 Å². The zero-order chi connectivity index (χ0) is 14.9. The van der Waals surface area contributed by atoms with Crippen molar-refractivity contribution in [2.24, 2.45) is 5.92 Å². The Hall–Kier alpha value is -1.10. The standard InChI is InChI=1S/C16H27N3O2/c1-2-16(8-3-9-17-16)15(21)18-13-6-10-19(11-7-13)14(20)12-4-5-12/h12-13,17H,2-11H2,1H3,(H,18,21). The van der Waals surface area contributed by atoms with Gasteiger partial charge in [0.15, 0.2) is 0 Å². The van der Waals surface area contributed by atoms with E-state index in [4.69, 9.17) is 0 Å². The Morgan fingerprint density at radius 2 is 1.95 bits per heavy atom. The second kappa shape index (κ2) is 5.95. The van der Waals surface area contributed by atoms with Crippen LogP contribution in [0, 0.1) is 5.92 Å². The van der Waals surface area contributed by atoms with Gasteiger partial charge in [-0.2, -0.15) is 0 Å². The lowest BCUT2D eigenvalue weighted by Gasteiger charge is -2.35. The van der Waals surface area contributed by atoms with Crippen LogP contribution in [-0.4, -0.2) is 47.9 Å². The summed E-state index contributed by atoms with van der Waals surface area (Å²) < 4.78 is 0. The Kier molecular flexibility index (Phi) is 4.20. The third kappa shape index (κ3) is 3.07. The van der Waals surface area contributed by atoms with Crippen molar-refractivity contribution in [2.75, 3.05) is 19.6 Å². The molecule has 2 saturated heterocycles. The van der Waals surface area contributed by atoms with E-state index < -0.39 is 0 Å². The van der Waals surface area contributed by atoms with Crippen LogP contribution in [0.4, 0.5) is 0 Å². The average Bonchev–Trinajstić information content (AvgIpc) is 3.24. The first-order valence-corrected chi connectivity index (χ1v) is 8.49. The summed E-state index contributed by atoms with van der Waals surface area (Å²) in [6, 6.07) is 0.228. The fourth-order valence-electron chi connectivity index (χ4n) is 3.62. The molecule has 0 aromatic rings. The van der Waals surface area contributed by atoms with Crippen LogP contribution in [0.2, 0.25) is 0 Å². The van der Waals surface area contributed by atoms with Gasteiger partial charge in [-0.05, 0) is 51.5 Å². The van der Waals surface area contributed by atoms with Crippen molar-refractivity contribution in [3.63, 3.8) is 0 Å². The molecule has 118 valence electrons. The highest BCUT2D eigenvalue weighted by molar-refractivity contribution is 5.87. The average molecular weight is 293 g/mol. The van der Waals surface area contributed by atoms with Gasteiger partial charge in [0.2, 0.25) is 11.8 Å². The number of hydrogen-bond donors (Lipinski definition) is 2. The number of likely N-dealkylation sites (tertiary alicyclic amines) is 1. The molecule has 5 heteroatoms. The van der Waals surface area contributed by atoms with E-state index in [-0.39, 0.29) is 17.5 Å². The van der Waals surface area contributed by atoms with Crippen molar-refractivity contribution in [1.82, 2.24) is 15.5 Å². The van der Waals surface area contributed by atoms with Crippen LogP contribution in [0.25, 0.3) is 0 Å². The number of rotatable bonds is 4. The monoisotopic (exact) mass is 293 g/mol. The van der Waals surface area contributed by atoms with Gasteiger partial charge in [0.1, 0.15) is 0 Å². The minimum atomic E-state index is -0.346. The summed E-state index contributed by atoms with van der Waals surface area (Å²) in [5.74, 6) is 0.805. The minimum Gasteiger partial charge on any atom is -0.352 e. The lowest BCUT2D eigenvalue weighted by atomic mass is 9.92. The zero-order valence-corrected chi connectivity index (χ0v) is 13.0. The van der Waals surface area contributed by atoms with Gasteiger partial charge in [-0.15, -0.1) is 0 Å². The number of carbonyl (C=O) groups excluding carboxylic acids is 2. The zero-order valence-electron chi connectivity index (χ0n) is 13.0. The maximum atomic E-state index is 12.5. The second-order valence-electron chi connectivity index (χ2n) is 6.81. The third-order valence-corrected chi connectivity index (χ3v) is 5.35. The van der Waals surface area contributed by atoms with E-state index in [1.807, 2.05) is 4.90 Å². The lowest BCUT2D eigenvalue weighted by Crippen LogP contribution is -2.57. The van der Waals surface area contributed by atoms with E-state index in [9.17, 15) is 9.59 Å². The summed E-state index contributed by atoms with van der Waals surface area (Å²) in [6.07, 6.45) is 6.79. The normalized spacial score (nSPS) is 30.4. The lowest BCUT2D eigenvalue weighted by molar-refractivity contribution is -0.134. The number of carbonyl (C=O) groups is 2. The summed E-state index contributed by atoms with van der Waals surface area (Å²) in [5.41, 5.74) is -0.346. The summed E-state index contributed by atoms with van der Waals surface area (Å²) in [6.45, 7) is 4.62. The summed E-state index contributed by atoms with van der Waals surface area (Å²) in [4.78, 5) is 26.6. The van der Waals surface area contributed by atoms with Crippen molar-refractivity contribution in [2.45, 2.75) is 63.5 Å². The van der Waals surface area contributed by atoms with E-state index in [0.29, 0.717) is 11.8 Å². The smallest absolute Gasteiger partial charge is 0.240 e. The predicted molar refractivity (Wildman–Crippen MR) is 80.7 cm³/mol. The SMILES string of the molecule is CCC1(C(=O)NC2CCN(C(=O)C3CC3)CC2)CCCN1. The largest absolute Gasteiger partial charge is 0.352 e. The van der Waals surface area contributed by atoms with Crippen molar-refractivity contribution in [3.05, 3.63) is 0 Å². The summed E-state index contributed by atoms with van der Waals surface area (Å²) in [5, 5.41) is 6.60. The van der Waals surface area contributed by atoms with Crippen LogP contribution >= 0.6 is 0 Å². The molecule has 0 bridgehead atoms. The van der Waals surface area contributed by atoms with Gasteiger partial charge in [0.25, 0.3) is 0 Å². The van der Waals surface area contributed by atoms with Crippen molar-refractivity contribution < 1.29 is 9.59 Å². The number of nitrogens with zero attached hydrogens (tertiary/aromatic N) is 1. The molecule has 21 heavy (non-hydrogen) atoms. The van der Waals surface area contributed by atoms with E-state index in [0.717, 1.165) is 64.6 Å². The minimum absolute atomic E-state index is 0.162. The molecule has 3 fully saturated rings. The van der Waals surface area contributed by atoms with Crippen LogP contribution in [-0.2, 0) is 9.59 Å². The molecule has 0 radical (unpaired) electrons. The summed E-state index contributed by atoms with van der Waals surface area (Å²) >= 11 is 0. The van der Waals surface area contributed by atoms with Crippen molar-refractivity contribution in [3.8, 4) is 0 Å². The number of amides is 2. The van der Waals surface area contributed by atoms with Crippen molar-refractivity contribution >= 4 is 11.8 Å². The van der Waals surface area contributed by atoms with Gasteiger partial charge >= 0.3 is 0 Å². The highest BCUT2D eigenvalue weighted by Crippen LogP contribution is 2.32. The first-order valence-electron chi connectivity index (χ1n) is 8.49. The van der Waals surface area contributed by atoms with Crippen LogP contribution in [0.15, 0.2) is 0 Å². The molecule has 2 amide bonds. The molecule has 1 saturated carbocycles. The molecular weight excluding hydrogens is 266 g/mol. The Morgan fingerprint density at radius 3 is 2.48 bits per heavy atom. The van der Waals surface area contributed by atoms with Gasteiger partial charge in [0.05, 0.1) is 5.54 Å². The Bertz CT molecular complexity index is 406. The van der Waals surface area contributed by atoms with Crippen LogP contribution in [0.1, 0.15) is 51.9 Å². The Morgan fingerprint density at radius 1 is 1.24 bits per heavy atom. The molecule has 0 aromatic heterocycles. The molecule has 2 N–H and O–H groups in total. The van der Waals surface area contributed by atoms with Crippen LogP contribution in [0.5, 0.6) is 0 Å².